The van der Waals surface area contributed by atoms with Crippen LogP contribution in [0.1, 0.15) is 17.3 Å². The summed E-state index contributed by atoms with van der Waals surface area (Å²) in [5.74, 6) is -0.235. The van der Waals surface area contributed by atoms with E-state index >= 15 is 0 Å². The Bertz CT molecular complexity index is 1200. The molecule has 0 radical (unpaired) electrons. The minimum absolute atomic E-state index is 0.387. The van der Waals surface area contributed by atoms with Crippen LogP contribution in [0.15, 0.2) is 84.9 Å². The average molecular weight is 384 g/mol. The van der Waals surface area contributed by atoms with Crippen LogP contribution in [0.2, 0.25) is 0 Å². The largest absolute Gasteiger partial charge is 0.481 e. The van der Waals surface area contributed by atoms with Crippen LogP contribution in [-0.2, 0) is 4.79 Å². The summed E-state index contributed by atoms with van der Waals surface area (Å²) in [4.78, 5) is 24.7. The van der Waals surface area contributed by atoms with Gasteiger partial charge in [-0.15, -0.1) is 0 Å². The molecule has 29 heavy (non-hydrogen) atoms. The Hall–Kier alpha value is -3.86. The molecule has 1 atom stereocenters. The molecule has 4 rings (SSSR count). The quantitative estimate of drug-likeness (QED) is 0.518. The van der Waals surface area contributed by atoms with Crippen LogP contribution in [0.4, 0.5) is 0 Å². The second-order valence-electron chi connectivity index (χ2n) is 6.77. The van der Waals surface area contributed by atoms with E-state index in [1.165, 1.54) is 0 Å². The van der Waals surface area contributed by atoms with Crippen LogP contribution in [0.25, 0.3) is 21.5 Å². The highest BCUT2D eigenvalue weighted by molar-refractivity contribution is 5.99. The van der Waals surface area contributed by atoms with Crippen molar-refractivity contribution in [3.05, 3.63) is 90.5 Å². The van der Waals surface area contributed by atoms with E-state index in [1.54, 1.807) is 19.1 Å². The predicted octanol–water partition coefficient (Wildman–Crippen LogP) is 4.22. The highest BCUT2D eigenvalue weighted by atomic mass is 16.5. The Morgan fingerprint density at radius 2 is 1.31 bits per heavy atom. The third kappa shape index (κ3) is 4.19. The van der Waals surface area contributed by atoms with Crippen molar-refractivity contribution in [2.24, 2.45) is 0 Å². The van der Waals surface area contributed by atoms with Crippen molar-refractivity contribution in [1.29, 1.82) is 0 Å². The van der Waals surface area contributed by atoms with Gasteiger partial charge in [-0.2, -0.15) is 0 Å². The van der Waals surface area contributed by atoms with Gasteiger partial charge in [0.1, 0.15) is 5.75 Å². The number of nitrogens with one attached hydrogen (secondary N) is 2. The zero-order chi connectivity index (χ0) is 20.2. The molecule has 2 amide bonds. The molecule has 0 saturated carbocycles. The van der Waals surface area contributed by atoms with Crippen LogP contribution in [0, 0.1) is 0 Å². The van der Waals surface area contributed by atoms with E-state index in [1.807, 2.05) is 72.8 Å². The first-order valence-electron chi connectivity index (χ1n) is 9.34. The lowest BCUT2D eigenvalue weighted by atomic mass is 10.1. The molecule has 5 heteroatoms. The maximum atomic E-state index is 12.4. The number of benzene rings is 4. The van der Waals surface area contributed by atoms with Crippen LogP contribution in [0.5, 0.6) is 5.75 Å². The van der Waals surface area contributed by atoms with Crippen molar-refractivity contribution in [3.8, 4) is 5.75 Å². The number of carbonyl (C=O) groups excluding carboxylic acids is 2. The highest BCUT2D eigenvalue weighted by Gasteiger charge is 2.16. The summed E-state index contributed by atoms with van der Waals surface area (Å²) in [5, 5.41) is 4.13. The standard InChI is InChI=1S/C24H20N2O3/c1-16(29-22-13-12-18-7-3-5-9-20(18)15-22)23(27)25-26-24(28)21-11-10-17-6-2-4-8-19(17)14-21/h2-16H,1H3,(H,25,27)(H,26,28). The number of fused-ring (bicyclic) bond motifs is 2. The van der Waals surface area contributed by atoms with Crippen LogP contribution >= 0.6 is 0 Å². The topological polar surface area (TPSA) is 67.4 Å². The zero-order valence-corrected chi connectivity index (χ0v) is 15.9. The van der Waals surface area contributed by atoms with Gasteiger partial charge in [0.05, 0.1) is 0 Å². The number of amides is 2. The molecular formula is C24H20N2O3. The summed E-state index contributed by atoms with van der Waals surface area (Å²) >= 11 is 0. The lowest BCUT2D eigenvalue weighted by Gasteiger charge is -2.15. The molecule has 0 fully saturated rings. The van der Waals surface area contributed by atoms with Gasteiger partial charge in [0.2, 0.25) is 0 Å². The Morgan fingerprint density at radius 1 is 0.724 bits per heavy atom. The van der Waals surface area contributed by atoms with E-state index in [9.17, 15) is 9.59 Å². The molecule has 0 spiro atoms. The van der Waals surface area contributed by atoms with Gasteiger partial charge in [-0.25, -0.2) is 0 Å². The van der Waals surface area contributed by atoms with Gasteiger partial charge in [-0.3, -0.25) is 20.4 Å². The molecule has 144 valence electrons. The monoisotopic (exact) mass is 384 g/mol. The molecule has 0 aromatic heterocycles. The van der Waals surface area contributed by atoms with Gasteiger partial charge >= 0.3 is 0 Å². The molecule has 0 heterocycles. The summed E-state index contributed by atoms with van der Waals surface area (Å²) in [7, 11) is 0. The third-order valence-electron chi connectivity index (χ3n) is 4.71. The van der Waals surface area contributed by atoms with Crippen molar-refractivity contribution in [1.82, 2.24) is 10.9 Å². The summed E-state index contributed by atoms with van der Waals surface area (Å²) in [6.45, 7) is 1.63. The fourth-order valence-electron chi connectivity index (χ4n) is 3.12. The lowest BCUT2D eigenvalue weighted by molar-refractivity contribution is -0.128. The summed E-state index contributed by atoms with van der Waals surface area (Å²) in [6, 6.07) is 26.7. The van der Waals surface area contributed by atoms with Crippen LogP contribution in [-0.4, -0.2) is 17.9 Å². The molecule has 2 N–H and O–H groups in total. The number of carbonyl (C=O) groups is 2. The van der Waals surface area contributed by atoms with Crippen LogP contribution < -0.4 is 15.6 Å². The number of ether oxygens (including phenoxy) is 1. The molecule has 4 aromatic rings. The van der Waals surface area contributed by atoms with Crippen LogP contribution in [0.3, 0.4) is 0 Å². The SMILES string of the molecule is CC(Oc1ccc2ccccc2c1)C(=O)NNC(=O)c1ccc2ccccc2c1. The van der Waals surface area contributed by atoms with E-state index in [0.717, 1.165) is 21.5 Å². The van der Waals surface area contributed by atoms with Crippen molar-refractivity contribution in [2.45, 2.75) is 13.0 Å². The summed E-state index contributed by atoms with van der Waals surface area (Å²) < 4.78 is 5.72. The number of hydrogen-bond donors (Lipinski definition) is 2. The third-order valence-corrected chi connectivity index (χ3v) is 4.71. The Labute approximate surface area is 168 Å². The summed E-state index contributed by atoms with van der Waals surface area (Å²) in [6.07, 6.45) is -0.770. The summed E-state index contributed by atoms with van der Waals surface area (Å²) in [5.41, 5.74) is 5.33. The molecule has 5 nitrogen and oxygen atoms in total. The number of hydrazine groups is 1. The highest BCUT2D eigenvalue weighted by Crippen LogP contribution is 2.21. The smallest absolute Gasteiger partial charge is 0.279 e. The zero-order valence-electron chi connectivity index (χ0n) is 15.9. The molecule has 0 saturated heterocycles. The van der Waals surface area contributed by atoms with Crippen molar-refractivity contribution < 1.29 is 14.3 Å². The van der Waals surface area contributed by atoms with Gasteiger partial charge in [0, 0.05) is 5.56 Å². The minimum atomic E-state index is -0.770. The molecule has 4 aromatic carbocycles. The molecule has 0 aliphatic carbocycles. The Kier molecular flexibility index (Phi) is 5.12. The molecule has 0 aliphatic heterocycles. The average Bonchev–Trinajstić information content (AvgIpc) is 2.76. The molecule has 0 aliphatic rings. The van der Waals surface area contributed by atoms with Gasteiger partial charge in [0.25, 0.3) is 11.8 Å². The van der Waals surface area contributed by atoms with Gasteiger partial charge < -0.3 is 4.74 Å². The Balaban J connectivity index is 1.36. The van der Waals surface area contributed by atoms with Gasteiger partial charge in [-0.05, 0) is 52.7 Å². The Morgan fingerprint density at radius 3 is 2.00 bits per heavy atom. The van der Waals surface area contributed by atoms with Crippen molar-refractivity contribution in [3.63, 3.8) is 0 Å². The molecular weight excluding hydrogens is 364 g/mol. The minimum Gasteiger partial charge on any atom is -0.481 e. The van der Waals surface area contributed by atoms with Gasteiger partial charge in [-0.1, -0.05) is 60.7 Å². The molecule has 1 unspecified atom stereocenters. The maximum Gasteiger partial charge on any atom is 0.279 e. The second kappa shape index (κ2) is 8.02. The van der Waals surface area contributed by atoms with E-state index in [-0.39, 0.29) is 5.91 Å². The maximum absolute atomic E-state index is 12.4. The predicted molar refractivity (Wildman–Crippen MR) is 114 cm³/mol. The normalized spacial score (nSPS) is 11.8. The van der Waals surface area contributed by atoms with E-state index in [0.29, 0.717) is 11.3 Å². The molecule has 0 bridgehead atoms. The van der Waals surface area contributed by atoms with E-state index in [4.69, 9.17) is 4.74 Å². The number of hydrogen-bond acceptors (Lipinski definition) is 3. The van der Waals surface area contributed by atoms with Crippen molar-refractivity contribution >= 4 is 33.4 Å². The van der Waals surface area contributed by atoms with E-state index < -0.39 is 12.0 Å². The second-order valence-corrected chi connectivity index (χ2v) is 6.77. The first-order chi connectivity index (χ1) is 14.1. The first kappa shape index (κ1) is 18.5. The fraction of sp³-hybridized carbons (Fsp3) is 0.0833. The fourth-order valence-corrected chi connectivity index (χ4v) is 3.12. The first-order valence-corrected chi connectivity index (χ1v) is 9.34. The number of rotatable bonds is 4. The van der Waals surface area contributed by atoms with Crippen molar-refractivity contribution in [2.75, 3.05) is 0 Å². The van der Waals surface area contributed by atoms with E-state index in [2.05, 4.69) is 10.9 Å². The lowest BCUT2D eigenvalue weighted by Crippen LogP contribution is -2.47. The van der Waals surface area contributed by atoms with Gasteiger partial charge in [0.15, 0.2) is 6.10 Å².